The van der Waals surface area contributed by atoms with Gasteiger partial charge >= 0.3 is 5.00 Å². The first-order valence-corrected chi connectivity index (χ1v) is 6.19. The van der Waals surface area contributed by atoms with Crippen LogP contribution in [0.2, 0.25) is 0 Å². The van der Waals surface area contributed by atoms with Gasteiger partial charge in [-0.2, -0.15) is 0 Å². The van der Waals surface area contributed by atoms with Gasteiger partial charge in [0.05, 0.1) is 4.92 Å². The van der Waals surface area contributed by atoms with Gasteiger partial charge in [0.15, 0.2) is 0 Å². The molecule has 5 nitrogen and oxygen atoms in total. The lowest BCUT2D eigenvalue weighted by atomic mass is 10.2. The molecule has 88 valence electrons. The Morgan fingerprint density at radius 3 is 3.06 bits per heavy atom. The summed E-state index contributed by atoms with van der Waals surface area (Å²) in [5, 5.41) is 10.8. The van der Waals surface area contributed by atoms with E-state index in [1.807, 2.05) is 6.07 Å². The molecule has 6 heteroatoms. The van der Waals surface area contributed by atoms with Crippen molar-refractivity contribution < 1.29 is 4.92 Å². The van der Waals surface area contributed by atoms with Gasteiger partial charge in [-0.25, -0.2) is 0 Å². The maximum atomic E-state index is 10.6. The van der Waals surface area contributed by atoms with Gasteiger partial charge in [0.2, 0.25) is 0 Å². The number of nitrogens with two attached hydrogens (primary N) is 1. The third kappa shape index (κ3) is 2.40. The number of nitro groups is 1. The molecule has 1 aromatic heterocycles. The van der Waals surface area contributed by atoms with E-state index in [1.54, 1.807) is 6.07 Å². The molecular formula is C10H15N3O2S. The Bertz CT molecular complexity index is 380. The van der Waals surface area contributed by atoms with Crippen LogP contribution in [0.3, 0.4) is 0 Å². The summed E-state index contributed by atoms with van der Waals surface area (Å²) >= 11 is 1.26. The van der Waals surface area contributed by atoms with E-state index in [1.165, 1.54) is 17.8 Å². The van der Waals surface area contributed by atoms with Gasteiger partial charge in [-0.3, -0.25) is 15.0 Å². The average Bonchev–Trinajstić information content (AvgIpc) is 2.87. The molecule has 2 heterocycles. The van der Waals surface area contributed by atoms with Crippen molar-refractivity contribution >= 4 is 16.3 Å². The Kier molecular flexibility index (Phi) is 3.52. The van der Waals surface area contributed by atoms with Crippen LogP contribution < -0.4 is 5.73 Å². The predicted molar refractivity (Wildman–Crippen MR) is 63.5 cm³/mol. The van der Waals surface area contributed by atoms with Crippen LogP contribution in [0.25, 0.3) is 0 Å². The van der Waals surface area contributed by atoms with Crippen LogP contribution in [0, 0.1) is 10.1 Å². The summed E-state index contributed by atoms with van der Waals surface area (Å²) in [5.41, 5.74) is 5.68. The first-order valence-electron chi connectivity index (χ1n) is 5.38. The zero-order chi connectivity index (χ0) is 11.5. The van der Waals surface area contributed by atoms with Crippen molar-refractivity contribution in [2.24, 2.45) is 5.73 Å². The van der Waals surface area contributed by atoms with E-state index in [-0.39, 0.29) is 9.92 Å². The Hall–Kier alpha value is -0.980. The van der Waals surface area contributed by atoms with Crippen molar-refractivity contribution in [3.05, 3.63) is 27.1 Å². The quantitative estimate of drug-likeness (QED) is 0.641. The molecule has 0 bridgehead atoms. The summed E-state index contributed by atoms with van der Waals surface area (Å²) in [7, 11) is 0. The Balaban J connectivity index is 2.00. The number of thiophene rings is 1. The summed E-state index contributed by atoms with van der Waals surface area (Å²) in [5.74, 6) is 0. The number of rotatable bonds is 4. The first kappa shape index (κ1) is 11.5. The maximum Gasteiger partial charge on any atom is 0.324 e. The molecular weight excluding hydrogens is 226 g/mol. The Labute approximate surface area is 98.0 Å². The normalized spacial score (nSPS) is 21.4. The second kappa shape index (κ2) is 4.90. The molecule has 0 spiro atoms. The van der Waals surface area contributed by atoms with Crippen molar-refractivity contribution in [2.75, 3.05) is 13.1 Å². The molecule has 2 N–H and O–H groups in total. The molecule has 0 saturated carbocycles. The zero-order valence-electron chi connectivity index (χ0n) is 8.96. The minimum Gasteiger partial charge on any atom is -0.329 e. The zero-order valence-corrected chi connectivity index (χ0v) is 9.78. The third-order valence-electron chi connectivity index (χ3n) is 2.96. The summed E-state index contributed by atoms with van der Waals surface area (Å²) in [6, 6.07) is 3.86. The van der Waals surface area contributed by atoms with Gasteiger partial charge in [-0.05, 0) is 25.5 Å². The molecule has 0 aliphatic carbocycles. The molecule has 0 radical (unpaired) electrons. The molecule has 0 aromatic carbocycles. The van der Waals surface area contributed by atoms with E-state index in [2.05, 4.69) is 4.90 Å². The van der Waals surface area contributed by atoms with Crippen LogP contribution >= 0.6 is 11.3 Å². The summed E-state index contributed by atoms with van der Waals surface area (Å²) in [4.78, 5) is 13.6. The number of likely N-dealkylation sites (tertiary alicyclic amines) is 1. The molecule has 1 saturated heterocycles. The van der Waals surface area contributed by atoms with Crippen LogP contribution in [0.15, 0.2) is 12.1 Å². The van der Waals surface area contributed by atoms with Crippen molar-refractivity contribution in [3.8, 4) is 0 Å². The Morgan fingerprint density at radius 1 is 1.62 bits per heavy atom. The number of hydrogen-bond donors (Lipinski definition) is 1. The molecule has 0 amide bonds. The Morgan fingerprint density at radius 2 is 2.44 bits per heavy atom. The van der Waals surface area contributed by atoms with E-state index in [9.17, 15) is 10.1 Å². The van der Waals surface area contributed by atoms with E-state index >= 15 is 0 Å². The van der Waals surface area contributed by atoms with Crippen LogP contribution in [0.1, 0.15) is 17.7 Å². The van der Waals surface area contributed by atoms with Crippen molar-refractivity contribution in [1.29, 1.82) is 0 Å². The lowest BCUT2D eigenvalue weighted by Gasteiger charge is -2.21. The van der Waals surface area contributed by atoms with E-state index in [0.717, 1.165) is 24.4 Å². The van der Waals surface area contributed by atoms with Gasteiger partial charge in [0.1, 0.15) is 0 Å². The highest BCUT2D eigenvalue weighted by Gasteiger charge is 2.24. The average molecular weight is 241 g/mol. The lowest BCUT2D eigenvalue weighted by Crippen LogP contribution is -2.34. The van der Waals surface area contributed by atoms with E-state index in [0.29, 0.717) is 12.6 Å². The molecule has 1 aromatic rings. The smallest absolute Gasteiger partial charge is 0.324 e. The monoisotopic (exact) mass is 241 g/mol. The number of hydrogen-bond acceptors (Lipinski definition) is 5. The van der Waals surface area contributed by atoms with Crippen LogP contribution in [0.4, 0.5) is 5.00 Å². The fraction of sp³-hybridized carbons (Fsp3) is 0.600. The fourth-order valence-corrected chi connectivity index (χ4v) is 2.97. The molecule has 1 unspecified atom stereocenters. The van der Waals surface area contributed by atoms with Gasteiger partial charge in [0.25, 0.3) is 0 Å². The van der Waals surface area contributed by atoms with Crippen LogP contribution in [-0.4, -0.2) is 29.0 Å². The minimum absolute atomic E-state index is 0.221. The van der Waals surface area contributed by atoms with Crippen LogP contribution in [0.5, 0.6) is 0 Å². The fourth-order valence-electron chi connectivity index (χ4n) is 2.12. The van der Waals surface area contributed by atoms with Crippen molar-refractivity contribution in [1.82, 2.24) is 4.90 Å². The molecule has 16 heavy (non-hydrogen) atoms. The van der Waals surface area contributed by atoms with Gasteiger partial charge in [-0.15, -0.1) is 0 Å². The molecule has 1 aliphatic heterocycles. The largest absolute Gasteiger partial charge is 0.329 e. The highest BCUT2D eigenvalue weighted by molar-refractivity contribution is 7.15. The summed E-state index contributed by atoms with van der Waals surface area (Å²) in [6.45, 7) is 2.52. The molecule has 1 aliphatic rings. The molecule has 2 rings (SSSR count). The van der Waals surface area contributed by atoms with Gasteiger partial charge in [-0.1, -0.05) is 11.3 Å². The topological polar surface area (TPSA) is 72.4 Å². The summed E-state index contributed by atoms with van der Waals surface area (Å²) in [6.07, 6.45) is 2.32. The maximum absolute atomic E-state index is 10.6. The van der Waals surface area contributed by atoms with Crippen molar-refractivity contribution in [2.45, 2.75) is 25.4 Å². The highest BCUT2D eigenvalue weighted by Crippen LogP contribution is 2.27. The predicted octanol–water partition coefficient (Wildman–Crippen LogP) is 1.58. The van der Waals surface area contributed by atoms with Crippen LogP contribution in [-0.2, 0) is 6.54 Å². The lowest BCUT2D eigenvalue weighted by molar-refractivity contribution is -0.380. The second-order valence-corrected chi connectivity index (χ2v) is 5.15. The minimum atomic E-state index is -0.335. The summed E-state index contributed by atoms with van der Waals surface area (Å²) < 4.78 is 0. The molecule has 1 atom stereocenters. The van der Waals surface area contributed by atoms with Crippen molar-refractivity contribution in [3.63, 3.8) is 0 Å². The van der Waals surface area contributed by atoms with E-state index < -0.39 is 0 Å². The number of nitrogens with zero attached hydrogens (tertiary/aromatic N) is 2. The van der Waals surface area contributed by atoms with E-state index in [4.69, 9.17) is 5.73 Å². The highest BCUT2D eigenvalue weighted by atomic mass is 32.1. The van der Waals surface area contributed by atoms with Gasteiger partial charge < -0.3 is 5.73 Å². The second-order valence-electron chi connectivity index (χ2n) is 4.00. The standard InChI is InChI=1S/C10H15N3O2S/c11-6-8-2-1-5-12(8)7-9-3-4-10(16-9)13(14)15/h3-4,8H,1-2,5-7,11H2. The first-order chi connectivity index (χ1) is 7.70. The third-order valence-corrected chi connectivity index (χ3v) is 3.98. The van der Waals surface area contributed by atoms with Gasteiger partial charge in [0, 0.05) is 30.1 Å². The SMILES string of the molecule is NCC1CCCN1Cc1ccc([N+](=O)[O-])s1. The molecule has 1 fully saturated rings.